The Balaban J connectivity index is 0.000000161. The van der Waals surface area contributed by atoms with Crippen LogP contribution in [0.4, 0.5) is 8.78 Å². The number of hydrogen-bond donors (Lipinski definition) is 3. The molecule has 0 radical (unpaired) electrons. The van der Waals surface area contributed by atoms with Crippen molar-refractivity contribution < 1.29 is 38.2 Å². The molecule has 3 N–H and O–H groups in total. The Labute approximate surface area is 234 Å². The van der Waals surface area contributed by atoms with Gasteiger partial charge in [-0.2, -0.15) is 0 Å². The summed E-state index contributed by atoms with van der Waals surface area (Å²) in [5, 5.41) is 29.4. The van der Waals surface area contributed by atoms with E-state index >= 15 is 0 Å². The van der Waals surface area contributed by atoms with Crippen molar-refractivity contribution in [2.24, 2.45) is 0 Å². The first-order chi connectivity index (χ1) is 19.0. The van der Waals surface area contributed by atoms with E-state index < -0.39 is 37.2 Å². The van der Waals surface area contributed by atoms with E-state index in [9.17, 15) is 28.7 Å². The minimum absolute atomic E-state index is 0.0590. The minimum atomic E-state index is -0.687. The Bertz CT molecular complexity index is 1230. The van der Waals surface area contributed by atoms with E-state index in [2.05, 4.69) is 0 Å². The van der Waals surface area contributed by atoms with Crippen molar-refractivity contribution in [3.63, 3.8) is 0 Å². The molecule has 0 aromatic heterocycles. The predicted molar refractivity (Wildman–Crippen MR) is 147 cm³/mol. The molecular formula is C28H36B2F2N2O6. The number of benzene rings is 2. The summed E-state index contributed by atoms with van der Waals surface area (Å²) in [4.78, 5) is 16.2. The van der Waals surface area contributed by atoms with Crippen LogP contribution >= 0.6 is 0 Å². The van der Waals surface area contributed by atoms with E-state index in [0.717, 1.165) is 25.9 Å². The van der Waals surface area contributed by atoms with Gasteiger partial charge in [-0.15, -0.1) is 0 Å². The van der Waals surface area contributed by atoms with Gasteiger partial charge in [-0.05, 0) is 102 Å². The average molecular weight is 556 g/mol. The SMILES string of the molecule is CB(O)N1CCC2(CC1)CC(=O)c1cc(F)ccc1O2.CB(O)N1CCC2(CC1)CC(O)c1cc(F)ccc1O2. The molecule has 4 aliphatic rings. The molecule has 2 saturated heterocycles. The van der Waals surface area contributed by atoms with Crippen LogP contribution in [0.2, 0.25) is 13.6 Å². The molecule has 4 aliphatic heterocycles. The van der Waals surface area contributed by atoms with Gasteiger partial charge in [0.1, 0.15) is 34.3 Å². The Morgan fingerprint density at radius 2 is 1.32 bits per heavy atom. The lowest BCUT2D eigenvalue weighted by molar-refractivity contribution is -0.0455. The zero-order valence-corrected chi connectivity index (χ0v) is 23.0. The molecule has 214 valence electrons. The molecule has 12 heteroatoms. The number of ketones is 1. The van der Waals surface area contributed by atoms with Crippen LogP contribution in [0.5, 0.6) is 11.5 Å². The fraction of sp³-hybridized carbons (Fsp3) is 0.536. The maximum Gasteiger partial charge on any atom is 0.376 e. The summed E-state index contributed by atoms with van der Waals surface area (Å²) in [7, 11) is -0.935. The van der Waals surface area contributed by atoms with Gasteiger partial charge < -0.3 is 34.3 Å². The number of aliphatic hydroxyl groups excluding tert-OH is 1. The summed E-state index contributed by atoms with van der Waals surface area (Å²) >= 11 is 0. The van der Waals surface area contributed by atoms with Crippen molar-refractivity contribution in [2.75, 3.05) is 26.2 Å². The highest BCUT2D eigenvalue weighted by Gasteiger charge is 2.45. The summed E-state index contributed by atoms with van der Waals surface area (Å²) in [6.07, 6.45) is 2.99. The Kier molecular flexibility index (Phi) is 8.27. The molecular weight excluding hydrogens is 520 g/mol. The monoisotopic (exact) mass is 556 g/mol. The summed E-state index contributed by atoms with van der Waals surface area (Å²) < 4.78 is 38.5. The third-order valence-electron chi connectivity index (χ3n) is 8.75. The number of fused-ring (bicyclic) bond motifs is 2. The molecule has 2 fully saturated rings. The van der Waals surface area contributed by atoms with Crippen LogP contribution in [0.3, 0.4) is 0 Å². The van der Waals surface area contributed by atoms with Crippen molar-refractivity contribution in [1.29, 1.82) is 0 Å². The molecule has 0 bridgehead atoms. The lowest BCUT2D eigenvalue weighted by Crippen LogP contribution is -2.53. The van der Waals surface area contributed by atoms with Crippen LogP contribution in [-0.4, -0.2) is 82.0 Å². The second-order valence-corrected chi connectivity index (χ2v) is 11.5. The van der Waals surface area contributed by atoms with Crippen molar-refractivity contribution in [3.05, 3.63) is 59.2 Å². The first kappa shape index (κ1) is 29.0. The number of carbonyl (C=O) groups is 1. The molecule has 0 aliphatic carbocycles. The van der Waals surface area contributed by atoms with Gasteiger partial charge in [-0.3, -0.25) is 4.79 Å². The molecule has 1 unspecified atom stereocenters. The fourth-order valence-corrected chi connectivity index (χ4v) is 6.27. The highest BCUT2D eigenvalue weighted by atomic mass is 19.1. The maximum absolute atomic E-state index is 13.2. The molecule has 4 heterocycles. The van der Waals surface area contributed by atoms with Crippen LogP contribution in [0, 0.1) is 11.6 Å². The quantitative estimate of drug-likeness (QED) is 0.485. The standard InChI is InChI=1S/C14H19BFNO3.C14H17BFNO3/c2*1-15(19)17-6-4-14(5-7-17)9-12(18)11-8-10(16)2-3-13(11)20-14/h2-3,8,12,18-19H,4-7,9H2,1H3;2-3,8,19H,4-7,9H2,1H3. The lowest BCUT2D eigenvalue weighted by Gasteiger charge is -2.46. The van der Waals surface area contributed by atoms with Crippen molar-refractivity contribution >= 4 is 19.9 Å². The topological polar surface area (TPSA) is 103 Å². The van der Waals surface area contributed by atoms with E-state index in [1.807, 2.05) is 9.62 Å². The van der Waals surface area contributed by atoms with Gasteiger partial charge in [0.2, 0.25) is 0 Å². The third-order valence-corrected chi connectivity index (χ3v) is 8.75. The van der Waals surface area contributed by atoms with Crippen LogP contribution in [-0.2, 0) is 0 Å². The Hall–Kier alpha value is -2.50. The maximum atomic E-state index is 13.2. The largest absolute Gasteiger partial charge is 0.487 e. The highest BCUT2D eigenvalue weighted by molar-refractivity contribution is 6.45. The van der Waals surface area contributed by atoms with Crippen LogP contribution < -0.4 is 9.47 Å². The van der Waals surface area contributed by atoms with E-state index in [4.69, 9.17) is 9.47 Å². The smallest absolute Gasteiger partial charge is 0.376 e. The van der Waals surface area contributed by atoms with E-state index in [1.54, 1.807) is 19.7 Å². The first-order valence-corrected chi connectivity index (χ1v) is 14.0. The second-order valence-electron chi connectivity index (χ2n) is 11.5. The number of carbonyl (C=O) groups excluding carboxylic acids is 1. The molecule has 0 amide bonds. The number of nitrogens with zero attached hydrogens (tertiary/aromatic N) is 2. The minimum Gasteiger partial charge on any atom is -0.487 e. The molecule has 1 atom stereocenters. The molecule has 8 nitrogen and oxygen atoms in total. The van der Waals surface area contributed by atoms with E-state index in [1.165, 1.54) is 30.3 Å². The Morgan fingerprint density at radius 1 is 0.825 bits per heavy atom. The summed E-state index contributed by atoms with van der Waals surface area (Å²) in [5.74, 6) is 0.229. The number of aliphatic hydroxyl groups is 1. The van der Waals surface area contributed by atoms with E-state index in [0.29, 0.717) is 55.0 Å². The van der Waals surface area contributed by atoms with Gasteiger partial charge in [0.05, 0.1) is 18.1 Å². The fourth-order valence-electron chi connectivity index (χ4n) is 6.27. The number of rotatable bonds is 2. The molecule has 40 heavy (non-hydrogen) atoms. The third kappa shape index (κ3) is 6.06. The zero-order valence-electron chi connectivity index (χ0n) is 23.0. The van der Waals surface area contributed by atoms with Crippen molar-refractivity contribution in [3.8, 4) is 11.5 Å². The van der Waals surface area contributed by atoms with Gasteiger partial charge in [0, 0.05) is 12.0 Å². The Morgan fingerprint density at radius 3 is 1.90 bits per heavy atom. The summed E-state index contributed by atoms with van der Waals surface area (Å²) in [6.45, 7) is 6.36. The van der Waals surface area contributed by atoms with Crippen molar-refractivity contribution in [2.45, 2.75) is 69.5 Å². The average Bonchev–Trinajstić information content (AvgIpc) is 2.91. The van der Waals surface area contributed by atoms with Gasteiger partial charge in [0.25, 0.3) is 0 Å². The molecule has 2 aromatic rings. The van der Waals surface area contributed by atoms with Gasteiger partial charge in [-0.25, -0.2) is 8.78 Å². The van der Waals surface area contributed by atoms with Crippen LogP contribution in [0.25, 0.3) is 0 Å². The summed E-state index contributed by atoms with van der Waals surface area (Å²) in [6, 6.07) is 8.39. The number of Topliss-reactive ketones (excluding diaryl/α,β-unsaturated/α-hetero) is 1. The number of halogens is 2. The lowest BCUT2D eigenvalue weighted by atomic mass is 9.76. The number of ether oxygens (including phenoxy) is 2. The van der Waals surface area contributed by atoms with Gasteiger partial charge >= 0.3 is 14.1 Å². The molecule has 2 aromatic carbocycles. The highest BCUT2D eigenvalue weighted by Crippen LogP contribution is 2.44. The van der Waals surface area contributed by atoms with Crippen molar-refractivity contribution in [1.82, 2.24) is 9.62 Å². The normalized spacial score (nSPS) is 23.3. The van der Waals surface area contributed by atoms with Gasteiger partial charge in [-0.1, -0.05) is 0 Å². The van der Waals surface area contributed by atoms with Gasteiger partial charge in [0.15, 0.2) is 5.78 Å². The zero-order chi connectivity index (χ0) is 28.7. The molecule has 2 spiro atoms. The predicted octanol–water partition coefficient (Wildman–Crippen LogP) is 3.32. The molecule has 6 rings (SSSR count). The van der Waals surface area contributed by atoms with Crippen LogP contribution in [0.1, 0.15) is 60.6 Å². The molecule has 0 saturated carbocycles. The summed E-state index contributed by atoms with van der Waals surface area (Å²) in [5.41, 5.74) is -0.00897. The first-order valence-electron chi connectivity index (χ1n) is 14.0. The second kappa shape index (κ2) is 11.4. The number of hydrogen-bond acceptors (Lipinski definition) is 8. The van der Waals surface area contributed by atoms with Crippen LogP contribution in [0.15, 0.2) is 36.4 Å². The van der Waals surface area contributed by atoms with E-state index in [-0.39, 0.29) is 18.0 Å². The number of piperidine rings is 2.